The molecule has 0 aromatic carbocycles. The quantitative estimate of drug-likeness (QED) is 0.485. The number of unbranched alkanes of at least 4 members (excludes halogenated alkanes) is 1. The van der Waals surface area contributed by atoms with Crippen LogP contribution in [-0.2, 0) is 4.79 Å². The third-order valence-corrected chi connectivity index (χ3v) is 2.96. The molecule has 0 spiro atoms. The van der Waals surface area contributed by atoms with Gasteiger partial charge < -0.3 is 15.1 Å². The summed E-state index contributed by atoms with van der Waals surface area (Å²) in [6.45, 7) is 2.81. The Morgan fingerprint density at radius 3 is 2.83 bits per heavy atom. The van der Waals surface area contributed by atoms with Crippen molar-refractivity contribution in [3.8, 4) is 11.8 Å². The third kappa shape index (κ3) is 5.05. The third-order valence-electron chi connectivity index (χ3n) is 2.96. The predicted molar refractivity (Wildman–Crippen MR) is 68.8 cm³/mol. The van der Waals surface area contributed by atoms with Gasteiger partial charge in [0.05, 0.1) is 13.1 Å². The molecule has 1 heterocycles. The zero-order valence-corrected chi connectivity index (χ0v) is 10.9. The summed E-state index contributed by atoms with van der Waals surface area (Å²) in [5.74, 6) is 5.76. The number of nitrogens with zero attached hydrogens (tertiary/aromatic N) is 2. The zero-order valence-electron chi connectivity index (χ0n) is 10.9. The van der Waals surface area contributed by atoms with Gasteiger partial charge in [0, 0.05) is 13.2 Å². The standard InChI is InChI=1S/C13H22N2O3/c1-14(8-4-5-11-16)7-2-3-9-15-10-6-12(17)13(15)18/h12,16-17H,4-11H2,1H3/t12-/m1/s1. The molecule has 2 N–H and O–H groups in total. The Morgan fingerprint density at radius 2 is 2.22 bits per heavy atom. The topological polar surface area (TPSA) is 64.0 Å². The van der Waals surface area contributed by atoms with Crippen molar-refractivity contribution in [3.63, 3.8) is 0 Å². The summed E-state index contributed by atoms with van der Waals surface area (Å²) in [6.07, 6.45) is 1.47. The Kier molecular flexibility index (Phi) is 6.73. The molecule has 0 aromatic heterocycles. The second kappa shape index (κ2) is 8.09. The van der Waals surface area contributed by atoms with Crippen LogP contribution in [0.5, 0.6) is 0 Å². The molecular weight excluding hydrogens is 232 g/mol. The fourth-order valence-corrected chi connectivity index (χ4v) is 1.79. The summed E-state index contributed by atoms with van der Waals surface area (Å²) < 4.78 is 0. The van der Waals surface area contributed by atoms with E-state index in [1.54, 1.807) is 4.90 Å². The highest BCUT2D eigenvalue weighted by Gasteiger charge is 2.28. The van der Waals surface area contributed by atoms with E-state index in [0.717, 1.165) is 19.4 Å². The Morgan fingerprint density at radius 1 is 1.44 bits per heavy atom. The van der Waals surface area contributed by atoms with Crippen molar-refractivity contribution in [3.05, 3.63) is 0 Å². The number of rotatable bonds is 6. The second-order valence-corrected chi connectivity index (χ2v) is 4.59. The highest BCUT2D eigenvalue weighted by atomic mass is 16.3. The molecule has 102 valence electrons. The maximum Gasteiger partial charge on any atom is 0.252 e. The van der Waals surface area contributed by atoms with E-state index in [4.69, 9.17) is 5.11 Å². The molecule has 18 heavy (non-hydrogen) atoms. The van der Waals surface area contributed by atoms with Gasteiger partial charge in [0.2, 0.25) is 0 Å². The first-order chi connectivity index (χ1) is 8.65. The van der Waals surface area contributed by atoms with Crippen molar-refractivity contribution in [1.82, 2.24) is 9.80 Å². The monoisotopic (exact) mass is 254 g/mol. The van der Waals surface area contributed by atoms with Gasteiger partial charge in [-0.05, 0) is 32.9 Å². The van der Waals surface area contributed by atoms with E-state index in [1.165, 1.54) is 0 Å². The SMILES string of the molecule is CN(CC#CCN1CC[C@@H](O)C1=O)CCCCO. The lowest BCUT2D eigenvalue weighted by atomic mass is 10.3. The fourth-order valence-electron chi connectivity index (χ4n) is 1.79. The van der Waals surface area contributed by atoms with E-state index in [9.17, 15) is 9.90 Å². The number of carbonyl (C=O) groups is 1. The summed E-state index contributed by atoms with van der Waals surface area (Å²) in [6, 6.07) is 0. The van der Waals surface area contributed by atoms with Crippen molar-refractivity contribution in [2.24, 2.45) is 0 Å². The molecule has 5 nitrogen and oxygen atoms in total. The Bertz CT molecular complexity index is 322. The minimum atomic E-state index is -0.826. The van der Waals surface area contributed by atoms with Crippen LogP contribution in [0.25, 0.3) is 0 Å². The number of hydrogen-bond donors (Lipinski definition) is 2. The van der Waals surface area contributed by atoms with Gasteiger partial charge in [-0.3, -0.25) is 9.69 Å². The van der Waals surface area contributed by atoms with Crippen LogP contribution in [0.3, 0.4) is 0 Å². The maximum absolute atomic E-state index is 11.4. The molecule has 0 saturated carbocycles. The van der Waals surface area contributed by atoms with Crippen LogP contribution in [-0.4, -0.2) is 71.9 Å². The lowest BCUT2D eigenvalue weighted by Crippen LogP contribution is -2.29. The Hall–Kier alpha value is -1.09. The number of aliphatic hydroxyl groups is 2. The van der Waals surface area contributed by atoms with Crippen LogP contribution in [0.2, 0.25) is 0 Å². The molecule has 1 fully saturated rings. The fraction of sp³-hybridized carbons (Fsp3) is 0.769. The summed E-state index contributed by atoms with van der Waals surface area (Å²) in [5.41, 5.74) is 0. The molecule has 0 aromatic rings. The molecule has 1 rings (SSSR count). The largest absolute Gasteiger partial charge is 0.396 e. The first-order valence-electron chi connectivity index (χ1n) is 6.37. The molecule has 0 unspecified atom stereocenters. The molecule has 1 aliphatic heterocycles. The molecule has 1 aliphatic rings. The number of amides is 1. The molecule has 1 amide bonds. The average Bonchev–Trinajstić information content (AvgIpc) is 2.66. The maximum atomic E-state index is 11.4. The predicted octanol–water partition coefficient (Wildman–Crippen LogP) is -0.713. The van der Waals surface area contributed by atoms with Crippen molar-refractivity contribution < 1.29 is 15.0 Å². The molecule has 0 radical (unpaired) electrons. The van der Waals surface area contributed by atoms with Gasteiger partial charge in [-0.1, -0.05) is 11.8 Å². The smallest absolute Gasteiger partial charge is 0.252 e. The van der Waals surface area contributed by atoms with E-state index >= 15 is 0 Å². The molecule has 0 bridgehead atoms. The van der Waals surface area contributed by atoms with Gasteiger partial charge in [0.15, 0.2) is 0 Å². The van der Waals surface area contributed by atoms with Crippen LogP contribution in [0.4, 0.5) is 0 Å². The number of aliphatic hydroxyl groups excluding tert-OH is 2. The van der Waals surface area contributed by atoms with Gasteiger partial charge in [-0.25, -0.2) is 0 Å². The van der Waals surface area contributed by atoms with Crippen molar-refractivity contribution in [2.75, 3.05) is 39.8 Å². The summed E-state index contributed by atoms with van der Waals surface area (Å²) in [5, 5.41) is 17.9. The minimum Gasteiger partial charge on any atom is -0.396 e. The van der Waals surface area contributed by atoms with E-state index in [2.05, 4.69) is 16.7 Å². The number of carbonyl (C=O) groups excluding carboxylic acids is 1. The summed E-state index contributed by atoms with van der Waals surface area (Å²) in [7, 11) is 1.98. The Balaban J connectivity index is 2.16. The van der Waals surface area contributed by atoms with Crippen LogP contribution < -0.4 is 0 Å². The highest BCUT2D eigenvalue weighted by molar-refractivity contribution is 5.82. The lowest BCUT2D eigenvalue weighted by molar-refractivity contribution is -0.133. The molecule has 0 aliphatic carbocycles. The highest BCUT2D eigenvalue weighted by Crippen LogP contribution is 2.09. The van der Waals surface area contributed by atoms with Gasteiger partial charge >= 0.3 is 0 Å². The van der Waals surface area contributed by atoms with E-state index < -0.39 is 6.10 Å². The van der Waals surface area contributed by atoms with Crippen LogP contribution in [0, 0.1) is 11.8 Å². The molecule has 1 saturated heterocycles. The van der Waals surface area contributed by atoms with Crippen molar-refractivity contribution in [2.45, 2.75) is 25.4 Å². The van der Waals surface area contributed by atoms with Gasteiger partial charge in [-0.2, -0.15) is 0 Å². The van der Waals surface area contributed by atoms with E-state index in [1.807, 2.05) is 7.05 Å². The van der Waals surface area contributed by atoms with Crippen LogP contribution >= 0.6 is 0 Å². The second-order valence-electron chi connectivity index (χ2n) is 4.59. The molecule has 5 heteroatoms. The van der Waals surface area contributed by atoms with E-state index in [0.29, 0.717) is 26.1 Å². The summed E-state index contributed by atoms with van der Waals surface area (Å²) in [4.78, 5) is 15.1. The van der Waals surface area contributed by atoms with Gasteiger partial charge in [0.25, 0.3) is 5.91 Å². The minimum absolute atomic E-state index is 0.208. The number of hydrogen-bond acceptors (Lipinski definition) is 4. The average molecular weight is 254 g/mol. The first-order valence-corrected chi connectivity index (χ1v) is 6.37. The van der Waals surface area contributed by atoms with Gasteiger partial charge in [0.1, 0.15) is 6.10 Å². The first kappa shape index (κ1) is 15.0. The molecular formula is C13H22N2O3. The lowest BCUT2D eigenvalue weighted by Gasteiger charge is -2.13. The van der Waals surface area contributed by atoms with Crippen LogP contribution in [0.15, 0.2) is 0 Å². The van der Waals surface area contributed by atoms with Crippen molar-refractivity contribution >= 4 is 5.91 Å². The Labute approximate surface area is 108 Å². The number of likely N-dealkylation sites (tertiary alicyclic amines) is 1. The van der Waals surface area contributed by atoms with E-state index in [-0.39, 0.29) is 12.5 Å². The molecule has 1 atom stereocenters. The normalized spacial score (nSPS) is 19.2. The van der Waals surface area contributed by atoms with Crippen molar-refractivity contribution in [1.29, 1.82) is 0 Å². The van der Waals surface area contributed by atoms with Gasteiger partial charge in [-0.15, -0.1) is 0 Å². The zero-order chi connectivity index (χ0) is 13.4. The van der Waals surface area contributed by atoms with Crippen LogP contribution in [0.1, 0.15) is 19.3 Å². The summed E-state index contributed by atoms with van der Waals surface area (Å²) >= 11 is 0.